The Balaban J connectivity index is 1.70. The van der Waals surface area contributed by atoms with E-state index in [1.54, 1.807) is 36.4 Å². The number of amides is 1. The van der Waals surface area contributed by atoms with Crippen molar-refractivity contribution in [2.75, 3.05) is 0 Å². The summed E-state index contributed by atoms with van der Waals surface area (Å²) in [5.74, 6) is -1.13. The second-order valence-corrected chi connectivity index (χ2v) is 7.20. The molecule has 0 aliphatic carbocycles. The maximum Gasteiger partial charge on any atom is 0.303 e. The predicted molar refractivity (Wildman–Crippen MR) is 120 cm³/mol. The van der Waals surface area contributed by atoms with Crippen LogP contribution in [0.15, 0.2) is 64.2 Å². The average molecular weight is 433 g/mol. The number of nitrogens with one attached hydrogen (secondary N) is 3. The molecular weight excluding hydrogens is 410 g/mol. The second-order valence-electron chi connectivity index (χ2n) is 7.20. The minimum atomic E-state index is -0.922. The number of aliphatic carboxylic acids is 1. The van der Waals surface area contributed by atoms with Gasteiger partial charge in [0.15, 0.2) is 0 Å². The second kappa shape index (κ2) is 10.7. The molecule has 4 N–H and O–H groups in total. The van der Waals surface area contributed by atoms with Gasteiger partial charge in [0.05, 0.1) is 0 Å². The maximum absolute atomic E-state index is 12.4. The van der Waals surface area contributed by atoms with E-state index in [-0.39, 0.29) is 29.4 Å². The lowest BCUT2D eigenvalue weighted by Gasteiger charge is -2.05. The Kier molecular flexibility index (Phi) is 7.53. The molecule has 1 amide bonds. The van der Waals surface area contributed by atoms with Gasteiger partial charge in [-0.3, -0.25) is 19.2 Å². The van der Waals surface area contributed by atoms with Gasteiger partial charge in [0.1, 0.15) is 10.7 Å². The van der Waals surface area contributed by atoms with Gasteiger partial charge in [0.25, 0.3) is 11.1 Å². The van der Waals surface area contributed by atoms with E-state index in [4.69, 9.17) is 5.11 Å². The van der Waals surface area contributed by atoms with Crippen molar-refractivity contribution in [2.24, 2.45) is 0 Å². The Morgan fingerprint density at radius 1 is 0.812 bits per heavy atom. The van der Waals surface area contributed by atoms with Gasteiger partial charge in [-0.1, -0.05) is 54.6 Å². The van der Waals surface area contributed by atoms with Crippen molar-refractivity contribution in [1.82, 2.24) is 15.3 Å². The Morgan fingerprint density at radius 3 is 1.94 bits per heavy atom. The van der Waals surface area contributed by atoms with Crippen molar-refractivity contribution < 1.29 is 14.7 Å². The first kappa shape index (κ1) is 22.5. The van der Waals surface area contributed by atoms with Gasteiger partial charge in [0, 0.05) is 19.4 Å². The minimum absolute atomic E-state index is 0.0373. The van der Waals surface area contributed by atoms with E-state index in [0.29, 0.717) is 18.5 Å². The van der Waals surface area contributed by atoms with Crippen LogP contribution in [0.1, 0.15) is 36.0 Å². The monoisotopic (exact) mass is 433 g/mol. The minimum Gasteiger partial charge on any atom is -0.481 e. The average Bonchev–Trinajstić information content (AvgIpc) is 2.77. The third-order valence-electron chi connectivity index (χ3n) is 4.67. The lowest BCUT2D eigenvalue weighted by atomic mass is 10.1. The number of rotatable bonds is 8. The molecule has 0 aliphatic rings. The number of H-pyrrole nitrogens is 2. The van der Waals surface area contributed by atoms with E-state index in [2.05, 4.69) is 15.3 Å². The Morgan fingerprint density at radius 2 is 1.38 bits per heavy atom. The topological polar surface area (TPSA) is 132 Å². The van der Waals surface area contributed by atoms with Crippen molar-refractivity contribution in [2.45, 2.75) is 25.8 Å². The standard InChI is InChI=1S/C24H23N3O5/c28-21(7-4-8-22(29)30)25-15-18-11-9-17(10-12-18)14-20-24(32)26-19(23(31)27-20)13-16-5-2-1-3-6-16/h1-3,5-6,9-14H,4,7-8,15H2,(H,25,28)(H,26,32)(H,27,31)(H,29,30)/b19-13-,20-14-. The van der Waals surface area contributed by atoms with E-state index in [1.165, 1.54) is 0 Å². The largest absolute Gasteiger partial charge is 0.481 e. The zero-order chi connectivity index (χ0) is 22.9. The zero-order valence-corrected chi connectivity index (χ0v) is 17.3. The summed E-state index contributed by atoms with van der Waals surface area (Å²) in [5.41, 5.74) is 1.55. The molecule has 164 valence electrons. The normalized spacial score (nSPS) is 12.0. The van der Waals surface area contributed by atoms with E-state index in [0.717, 1.165) is 11.1 Å². The third-order valence-corrected chi connectivity index (χ3v) is 4.67. The fourth-order valence-electron chi connectivity index (χ4n) is 3.00. The number of carbonyl (C=O) groups is 2. The number of hydrogen-bond acceptors (Lipinski definition) is 4. The van der Waals surface area contributed by atoms with Crippen LogP contribution < -0.4 is 27.1 Å². The quantitative estimate of drug-likeness (QED) is 0.413. The predicted octanol–water partition coefficient (Wildman–Crippen LogP) is 0.592. The number of aromatic amines is 2. The van der Waals surface area contributed by atoms with Gasteiger partial charge in [-0.2, -0.15) is 0 Å². The fourth-order valence-corrected chi connectivity index (χ4v) is 3.00. The molecule has 1 aromatic heterocycles. The molecular formula is C24H23N3O5. The van der Waals surface area contributed by atoms with Crippen LogP contribution in [0.5, 0.6) is 0 Å². The fraction of sp³-hybridized carbons (Fsp3) is 0.167. The molecule has 0 saturated heterocycles. The van der Waals surface area contributed by atoms with E-state index in [9.17, 15) is 19.2 Å². The van der Waals surface area contributed by atoms with Crippen LogP contribution in [0.3, 0.4) is 0 Å². The zero-order valence-electron chi connectivity index (χ0n) is 17.3. The molecule has 0 radical (unpaired) electrons. The summed E-state index contributed by atoms with van der Waals surface area (Å²) in [7, 11) is 0. The van der Waals surface area contributed by atoms with Gasteiger partial charge in [0.2, 0.25) is 5.91 Å². The first-order chi connectivity index (χ1) is 15.4. The number of carboxylic acids is 1. The third kappa shape index (κ3) is 6.66. The van der Waals surface area contributed by atoms with Crippen molar-refractivity contribution in [1.29, 1.82) is 0 Å². The summed E-state index contributed by atoms with van der Waals surface area (Å²) in [6.45, 7) is 0.313. The molecule has 32 heavy (non-hydrogen) atoms. The highest BCUT2D eigenvalue weighted by Crippen LogP contribution is 2.05. The summed E-state index contributed by atoms with van der Waals surface area (Å²) in [5, 5.41) is 11.6. The van der Waals surface area contributed by atoms with E-state index >= 15 is 0 Å². The SMILES string of the molecule is O=C(O)CCCC(=O)NCc1ccc(/C=c2\[nH]c(=O)/c(=C/c3ccccc3)[nH]c2=O)cc1. The maximum atomic E-state index is 12.4. The number of benzene rings is 2. The molecule has 3 aromatic rings. The lowest BCUT2D eigenvalue weighted by Crippen LogP contribution is -2.46. The summed E-state index contributed by atoms with van der Waals surface area (Å²) < 4.78 is 0. The first-order valence-corrected chi connectivity index (χ1v) is 10.1. The first-order valence-electron chi connectivity index (χ1n) is 10.1. The number of hydrogen-bond donors (Lipinski definition) is 4. The molecule has 0 spiro atoms. The van der Waals surface area contributed by atoms with Crippen LogP contribution in [0.25, 0.3) is 12.2 Å². The van der Waals surface area contributed by atoms with Gasteiger partial charge in [-0.15, -0.1) is 0 Å². The summed E-state index contributed by atoms with van der Waals surface area (Å²) >= 11 is 0. The van der Waals surface area contributed by atoms with Gasteiger partial charge < -0.3 is 20.4 Å². The highest BCUT2D eigenvalue weighted by atomic mass is 16.4. The molecule has 0 atom stereocenters. The van der Waals surface area contributed by atoms with Crippen LogP contribution >= 0.6 is 0 Å². The molecule has 2 aromatic carbocycles. The van der Waals surface area contributed by atoms with Gasteiger partial charge in [-0.25, -0.2) is 0 Å². The highest BCUT2D eigenvalue weighted by molar-refractivity contribution is 5.76. The summed E-state index contributed by atoms with van der Waals surface area (Å²) in [4.78, 5) is 52.2. The Hall–Kier alpha value is -4.20. The Labute approximate surface area is 183 Å². The van der Waals surface area contributed by atoms with E-state index < -0.39 is 17.1 Å². The molecule has 8 nitrogen and oxygen atoms in total. The smallest absolute Gasteiger partial charge is 0.303 e. The van der Waals surface area contributed by atoms with Crippen molar-refractivity contribution >= 4 is 24.0 Å². The number of carboxylic acid groups (broad SMARTS) is 1. The Bertz CT molecular complexity index is 1320. The molecule has 8 heteroatoms. The van der Waals surface area contributed by atoms with Crippen molar-refractivity contribution in [3.8, 4) is 0 Å². The summed E-state index contributed by atoms with van der Waals surface area (Å²) in [6, 6.07) is 16.4. The molecule has 0 unspecified atom stereocenters. The highest BCUT2D eigenvalue weighted by Gasteiger charge is 2.04. The molecule has 0 saturated carbocycles. The summed E-state index contributed by atoms with van der Waals surface area (Å²) in [6.07, 6.45) is 3.59. The molecule has 0 aliphatic heterocycles. The molecule has 0 bridgehead atoms. The molecule has 1 heterocycles. The van der Waals surface area contributed by atoms with Crippen molar-refractivity contribution in [3.05, 3.63) is 103 Å². The van der Waals surface area contributed by atoms with Crippen LogP contribution in [-0.2, 0) is 16.1 Å². The van der Waals surface area contributed by atoms with Crippen molar-refractivity contribution in [3.63, 3.8) is 0 Å². The molecule has 0 fully saturated rings. The van der Waals surface area contributed by atoms with Gasteiger partial charge in [-0.05, 0) is 35.3 Å². The van der Waals surface area contributed by atoms with Crippen LogP contribution in [0.4, 0.5) is 0 Å². The van der Waals surface area contributed by atoms with E-state index in [1.807, 2.05) is 30.3 Å². The van der Waals surface area contributed by atoms with Crippen LogP contribution in [-0.4, -0.2) is 27.0 Å². The molecule has 3 rings (SSSR count). The lowest BCUT2D eigenvalue weighted by molar-refractivity contribution is -0.137. The van der Waals surface area contributed by atoms with Gasteiger partial charge >= 0.3 is 5.97 Å². The number of aromatic nitrogens is 2. The van der Waals surface area contributed by atoms with Crippen LogP contribution in [0, 0.1) is 0 Å². The van der Waals surface area contributed by atoms with Crippen LogP contribution in [0.2, 0.25) is 0 Å². The number of carbonyl (C=O) groups excluding carboxylic acids is 1.